The van der Waals surface area contributed by atoms with Crippen molar-refractivity contribution in [3.05, 3.63) is 35.9 Å². The molecule has 6 heteroatoms. The molecule has 0 aromatic heterocycles. The lowest BCUT2D eigenvalue weighted by Crippen LogP contribution is -2.81. The quantitative estimate of drug-likeness (QED) is 0.778. The molecule has 1 aromatic carbocycles. The highest BCUT2D eigenvalue weighted by atomic mass is 16.6. The molecular weight excluding hydrogens is 260 g/mol. The van der Waals surface area contributed by atoms with Crippen molar-refractivity contribution in [3.8, 4) is 0 Å². The van der Waals surface area contributed by atoms with E-state index in [0.29, 0.717) is 13.1 Å². The van der Waals surface area contributed by atoms with Crippen molar-refractivity contribution in [3.63, 3.8) is 0 Å². The van der Waals surface area contributed by atoms with Gasteiger partial charge >= 0.3 is 6.09 Å². The Kier molecular flexibility index (Phi) is 4.24. The Morgan fingerprint density at radius 2 is 1.85 bits per heavy atom. The number of carbonyl (C=O) groups is 2. The summed E-state index contributed by atoms with van der Waals surface area (Å²) in [6, 6.07) is 9.40. The third kappa shape index (κ3) is 3.27. The molecule has 0 radical (unpaired) electrons. The number of quaternary nitrogens is 1. The molecule has 0 atom stereocenters. The number of hydrogen-bond acceptors (Lipinski definition) is 4. The molecule has 20 heavy (non-hydrogen) atoms. The fraction of sp³-hybridized carbons (Fsp3) is 0.429. The molecule has 1 heterocycles. The number of aliphatic carboxylic acids is 1. The molecule has 6 nitrogen and oxygen atoms in total. The van der Waals surface area contributed by atoms with Gasteiger partial charge in [-0.15, -0.1) is 0 Å². The lowest BCUT2D eigenvalue weighted by Gasteiger charge is -2.36. The summed E-state index contributed by atoms with van der Waals surface area (Å²) >= 11 is 0. The average Bonchev–Trinajstić information content (AvgIpc) is 2.46. The van der Waals surface area contributed by atoms with Gasteiger partial charge in [-0.3, -0.25) is 0 Å². The number of nitrogens with zero attached hydrogens (tertiary/aromatic N) is 1. The first kappa shape index (κ1) is 14.3. The highest BCUT2D eigenvalue weighted by Gasteiger charge is 2.37. The number of carboxylic acid groups (broad SMARTS) is 1. The molecule has 1 amide bonds. The Hall–Kier alpha value is -2.08. The topological polar surface area (TPSA) is 97.3 Å². The second-order valence-corrected chi connectivity index (χ2v) is 5.10. The van der Waals surface area contributed by atoms with Crippen molar-refractivity contribution in [2.45, 2.75) is 25.0 Å². The van der Waals surface area contributed by atoms with Gasteiger partial charge in [0.1, 0.15) is 18.1 Å². The third-order valence-electron chi connectivity index (χ3n) is 3.62. The molecule has 0 saturated carbocycles. The van der Waals surface area contributed by atoms with Crippen LogP contribution in [0.1, 0.15) is 18.4 Å². The van der Waals surface area contributed by atoms with Crippen LogP contribution in [0.15, 0.2) is 30.3 Å². The van der Waals surface area contributed by atoms with Crippen molar-refractivity contribution in [2.24, 2.45) is 0 Å². The number of carbonyl (C=O) groups excluding carboxylic acids is 2. The third-order valence-corrected chi connectivity index (χ3v) is 3.62. The number of hydrogen-bond donors (Lipinski definition) is 1. The molecule has 1 saturated heterocycles. The van der Waals surface area contributed by atoms with Crippen LogP contribution in [0.3, 0.4) is 0 Å². The van der Waals surface area contributed by atoms with Gasteiger partial charge in [0, 0.05) is 25.9 Å². The van der Waals surface area contributed by atoms with Crippen LogP contribution in [0.2, 0.25) is 0 Å². The Balaban J connectivity index is 1.82. The van der Waals surface area contributed by atoms with E-state index in [1.807, 2.05) is 30.3 Å². The summed E-state index contributed by atoms with van der Waals surface area (Å²) in [5, 5.41) is 11.0. The number of amides is 1. The first-order valence-electron chi connectivity index (χ1n) is 6.54. The van der Waals surface area contributed by atoms with E-state index < -0.39 is 17.6 Å². The van der Waals surface area contributed by atoms with Crippen molar-refractivity contribution in [2.75, 3.05) is 13.1 Å². The monoisotopic (exact) mass is 278 g/mol. The summed E-state index contributed by atoms with van der Waals surface area (Å²) in [5.74, 6) is -1.16. The van der Waals surface area contributed by atoms with E-state index in [0.717, 1.165) is 5.56 Å². The summed E-state index contributed by atoms with van der Waals surface area (Å²) in [4.78, 5) is 24.3. The molecule has 0 bridgehead atoms. The molecule has 2 rings (SSSR count). The van der Waals surface area contributed by atoms with Crippen molar-refractivity contribution >= 4 is 12.1 Å². The number of rotatable bonds is 3. The molecule has 1 aliphatic rings. The summed E-state index contributed by atoms with van der Waals surface area (Å²) in [6.07, 6.45) is 0.153. The van der Waals surface area contributed by atoms with E-state index in [2.05, 4.69) is 5.73 Å². The zero-order valence-corrected chi connectivity index (χ0v) is 11.2. The van der Waals surface area contributed by atoms with E-state index in [1.165, 1.54) is 4.90 Å². The maximum absolute atomic E-state index is 11.9. The Bertz CT molecular complexity index is 481. The number of likely N-dealkylation sites (tertiary alicyclic amines) is 1. The van der Waals surface area contributed by atoms with Gasteiger partial charge in [-0.2, -0.15) is 0 Å². The summed E-state index contributed by atoms with van der Waals surface area (Å²) < 4.78 is 5.20. The molecule has 1 fully saturated rings. The van der Waals surface area contributed by atoms with Crippen molar-refractivity contribution in [1.82, 2.24) is 4.90 Å². The highest BCUT2D eigenvalue weighted by molar-refractivity contribution is 5.75. The van der Waals surface area contributed by atoms with Crippen LogP contribution in [0.25, 0.3) is 0 Å². The van der Waals surface area contributed by atoms with E-state index in [1.54, 1.807) is 0 Å². The maximum atomic E-state index is 11.9. The molecule has 0 unspecified atom stereocenters. The summed E-state index contributed by atoms with van der Waals surface area (Å²) in [7, 11) is 0. The summed E-state index contributed by atoms with van der Waals surface area (Å²) in [6.45, 7) is 0.863. The summed E-state index contributed by atoms with van der Waals surface area (Å²) in [5.41, 5.74) is 3.50. The number of carboxylic acids is 1. The zero-order valence-electron chi connectivity index (χ0n) is 11.2. The van der Waals surface area contributed by atoms with Gasteiger partial charge in [0.2, 0.25) is 0 Å². The van der Waals surface area contributed by atoms with E-state index in [9.17, 15) is 14.7 Å². The van der Waals surface area contributed by atoms with Crippen LogP contribution >= 0.6 is 0 Å². The smallest absolute Gasteiger partial charge is 0.410 e. The van der Waals surface area contributed by atoms with Crippen LogP contribution in [0.5, 0.6) is 0 Å². The molecule has 1 aromatic rings. The Morgan fingerprint density at radius 3 is 2.40 bits per heavy atom. The minimum Gasteiger partial charge on any atom is -0.544 e. The molecular formula is C14H18N2O4. The van der Waals surface area contributed by atoms with Gasteiger partial charge in [0.05, 0.1) is 0 Å². The second kappa shape index (κ2) is 5.92. The molecule has 1 aliphatic heterocycles. The van der Waals surface area contributed by atoms with Gasteiger partial charge in [-0.1, -0.05) is 30.3 Å². The van der Waals surface area contributed by atoms with Crippen LogP contribution < -0.4 is 10.8 Å². The largest absolute Gasteiger partial charge is 0.544 e. The molecule has 108 valence electrons. The fourth-order valence-corrected chi connectivity index (χ4v) is 2.13. The predicted molar refractivity (Wildman–Crippen MR) is 68.1 cm³/mol. The van der Waals surface area contributed by atoms with Gasteiger partial charge in [0.25, 0.3) is 0 Å². The lowest BCUT2D eigenvalue weighted by atomic mass is 9.89. The van der Waals surface area contributed by atoms with E-state index in [-0.39, 0.29) is 19.4 Å². The lowest BCUT2D eigenvalue weighted by molar-refractivity contribution is -0.492. The Morgan fingerprint density at radius 1 is 1.25 bits per heavy atom. The maximum Gasteiger partial charge on any atom is 0.410 e. The van der Waals surface area contributed by atoms with Crippen LogP contribution in [-0.2, 0) is 16.1 Å². The van der Waals surface area contributed by atoms with Gasteiger partial charge in [0.15, 0.2) is 0 Å². The molecule has 0 aliphatic carbocycles. The van der Waals surface area contributed by atoms with E-state index in [4.69, 9.17) is 4.74 Å². The number of benzene rings is 1. The van der Waals surface area contributed by atoms with Gasteiger partial charge in [-0.05, 0) is 5.56 Å². The SMILES string of the molecule is [NH3+]C1(C(=O)[O-])CCN(C(=O)OCc2ccccc2)CC1. The van der Waals surface area contributed by atoms with Crippen molar-refractivity contribution in [1.29, 1.82) is 0 Å². The first-order chi connectivity index (χ1) is 9.51. The predicted octanol–water partition coefficient (Wildman–Crippen LogP) is -0.850. The number of piperidine rings is 1. The number of ether oxygens (including phenoxy) is 1. The zero-order chi connectivity index (χ0) is 14.6. The minimum atomic E-state index is -1.16. The average molecular weight is 278 g/mol. The van der Waals surface area contributed by atoms with Gasteiger partial charge < -0.3 is 25.3 Å². The van der Waals surface area contributed by atoms with Crippen LogP contribution in [0, 0.1) is 0 Å². The highest BCUT2D eigenvalue weighted by Crippen LogP contribution is 2.18. The normalized spacial score (nSPS) is 17.6. The van der Waals surface area contributed by atoms with Crippen molar-refractivity contribution < 1.29 is 25.2 Å². The Labute approximate surface area is 117 Å². The standard InChI is InChI=1S/C14H18N2O4/c15-14(12(17)18)6-8-16(9-7-14)13(19)20-10-11-4-2-1-3-5-11/h1-5H,6-10,15H2,(H,17,18). The van der Waals surface area contributed by atoms with Crippen LogP contribution in [0.4, 0.5) is 4.79 Å². The molecule has 0 spiro atoms. The minimum absolute atomic E-state index is 0.214. The second-order valence-electron chi connectivity index (χ2n) is 5.10. The first-order valence-corrected chi connectivity index (χ1v) is 6.54. The van der Waals surface area contributed by atoms with Crippen LogP contribution in [-0.4, -0.2) is 35.6 Å². The molecule has 3 N–H and O–H groups in total. The van der Waals surface area contributed by atoms with Gasteiger partial charge in [-0.25, -0.2) is 4.79 Å². The van der Waals surface area contributed by atoms with E-state index >= 15 is 0 Å². The fourth-order valence-electron chi connectivity index (χ4n) is 2.13.